The second-order valence-electron chi connectivity index (χ2n) is 5.30. The van der Waals surface area contributed by atoms with Crippen molar-refractivity contribution >= 4 is 34.9 Å². The number of nitrogens with one attached hydrogen (secondary N) is 2. The van der Waals surface area contributed by atoms with Gasteiger partial charge in [0.2, 0.25) is 11.2 Å². The molecule has 0 bridgehead atoms. The molecule has 2 aromatic carbocycles. The monoisotopic (exact) mass is 378 g/mol. The number of halogens is 1. The van der Waals surface area contributed by atoms with Crippen molar-refractivity contribution in [2.24, 2.45) is 0 Å². The van der Waals surface area contributed by atoms with Crippen molar-refractivity contribution in [2.75, 3.05) is 12.4 Å². The molecule has 3 rings (SSSR count). The maximum atomic E-state index is 12.5. The quantitative estimate of drug-likeness (QED) is 0.476. The smallest absolute Gasteiger partial charge is 0.235 e. The van der Waals surface area contributed by atoms with Crippen molar-refractivity contribution in [3.63, 3.8) is 0 Å². The minimum Gasteiger partial charge on any atom is -0.502 e. The van der Waals surface area contributed by atoms with Gasteiger partial charge in [0.1, 0.15) is 11.3 Å². The van der Waals surface area contributed by atoms with Crippen LogP contribution in [0.5, 0.6) is 11.5 Å². The maximum absolute atomic E-state index is 12.5. The first-order chi connectivity index (χ1) is 11.5. The Bertz CT molecular complexity index is 983. The van der Waals surface area contributed by atoms with Gasteiger partial charge in [0.25, 0.3) is 0 Å². The van der Waals surface area contributed by atoms with E-state index in [1.165, 1.54) is 0 Å². The predicted molar refractivity (Wildman–Crippen MR) is 104 cm³/mol. The Morgan fingerprint density at radius 3 is 2.42 bits per heavy atom. The molecule has 0 aliphatic rings. The molecule has 0 unspecified atom stereocenters. The van der Waals surface area contributed by atoms with Gasteiger partial charge in [-0.15, -0.1) is 12.4 Å². The van der Waals surface area contributed by atoms with Gasteiger partial charge in [-0.3, -0.25) is 10.2 Å². The van der Waals surface area contributed by atoms with Gasteiger partial charge >= 0.3 is 0 Å². The van der Waals surface area contributed by atoms with Gasteiger partial charge in [-0.25, -0.2) is 0 Å². The summed E-state index contributed by atoms with van der Waals surface area (Å²) in [5, 5.41) is 20.7. The Morgan fingerprint density at radius 1 is 1.19 bits per heavy atom. The average Bonchev–Trinajstić information content (AvgIpc) is 2.58. The molecule has 5 N–H and O–H groups in total. The van der Waals surface area contributed by atoms with Crippen LogP contribution in [-0.2, 0) is 0 Å². The van der Waals surface area contributed by atoms with Crippen LogP contribution in [0.25, 0.3) is 22.3 Å². The summed E-state index contributed by atoms with van der Waals surface area (Å²) in [5.74, 6) is 0.576. The molecule has 0 spiro atoms. The molecule has 3 aromatic rings. The fraction of sp³-hybridized carbons (Fsp3) is 0.111. The van der Waals surface area contributed by atoms with Crippen LogP contribution in [0.4, 0.5) is 5.69 Å². The molecule has 0 aliphatic heterocycles. The number of benzene rings is 2. The minimum atomic E-state index is -0.520. The summed E-state index contributed by atoms with van der Waals surface area (Å²) in [6, 6.07) is 11.7. The number of aromatic hydroxyl groups is 1. The molecular weight excluding hydrogens is 360 g/mol. The number of rotatable bonds is 3. The van der Waals surface area contributed by atoms with Crippen LogP contribution in [-0.4, -0.2) is 23.5 Å². The Balaban J connectivity index is 0.00000169. The number of hydrogen-bond donors (Lipinski definition) is 3. The molecule has 1 aromatic heterocycles. The molecule has 0 saturated carbocycles. The summed E-state index contributed by atoms with van der Waals surface area (Å²) in [5.41, 5.74) is 0.994. The van der Waals surface area contributed by atoms with Crippen molar-refractivity contribution in [3.8, 4) is 22.8 Å². The lowest BCUT2D eigenvalue weighted by atomic mass is 10.1. The van der Waals surface area contributed by atoms with E-state index in [9.17, 15) is 9.90 Å². The predicted octanol–water partition coefficient (Wildman–Crippen LogP) is 3.18. The maximum Gasteiger partial charge on any atom is 0.235 e. The van der Waals surface area contributed by atoms with E-state index < -0.39 is 11.2 Å². The highest BCUT2D eigenvalue weighted by Crippen LogP contribution is 2.31. The summed E-state index contributed by atoms with van der Waals surface area (Å²) in [6.45, 7) is 1.59. The van der Waals surface area contributed by atoms with Gasteiger partial charge < -0.3 is 25.1 Å². The highest BCUT2D eigenvalue weighted by Gasteiger charge is 2.15. The van der Waals surface area contributed by atoms with Crippen LogP contribution in [0.15, 0.2) is 51.7 Å². The molecular formula is C18H19ClN2O5. The molecule has 0 aliphatic carbocycles. The molecule has 7 nitrogen and oxygen atoms in total. The summed E-state index contributed by atoms with van der Waals surface area (Å²) in [4.78, 5) is 12.5. The summed E-state index contributed by atoms with van der Waals surface area (Å²) in [6.07, 6.45) is 0. The fourth-order valence-electron chi connectivity index (χ4n) is 2.42. The Kier molecular flexibility index (Phi) is 6.77. The first-order valence-corrected chi connectivity index (χ1v) is 7.26. The van der Waals surface area contributed by atoms with Crippen LogP contribution in [0.2, 0.25) is 0 Å². The van der Waals surface area contributed by atoms with Gasteiger partial charge in [-0.05, 0) is 49.4 Å². The van der Waals surface area contributed by atoms with Crippen molar-refractivity contribution in [2.45, 2.75) is 6.92 Å². The number of anilines is 1. The van der Waals surface area contributed by atoms with E-state index in [0.717, 1.165) is 0 Å². The standard InChI is InChI=1S/C18H16N2O4.ClH.H2O/c1-10(19)20-12-5-8-15-14(9-12)16(21)17(22)18(24-15)11-3-6-13(23-2)7-4-11;;/h3-9,22H,1-2H3,(H2,19,20);1H;1H2. The van der Waals surface area contributed by atoms with Gasteiger partial charge in [0, 0.05) is 11.3 Å². The Hall–Kier alpha value is -3.03. The molecule has 0 atom stereocenters. The fourth-order valence-corrected chi connectivity index (χ4v) is 2.42. The van der Waals surface area contributed by atoms with Crippen molar-refractivity contribution < 1.29 is 19.7 Å². The third-order valence-corrected chi connectivity index (χ3v) is 3.55. The van der Waals surface area contributed by atoms with Crippen molar-refractivity contribution in [1.82, 2.24) is 0 Å². The summed E-state index contributed by atoms with van der Waals surface area (Å²) < 4.78 is 10.8. The Morgan fingerprint density at radius 2 is 1.85 bits per heavy atom. The third kappa shape index (κ3) is 3.96. The molecule has 0 saturated heterocycles. The van der Waals surface area contributed by atoms with Gasteiger partial charge in [0.05, 0.1) is 18.3 Å². The van der Waals surface area contributed by atoms with Crippen LogP contribution in [0.3, 0.4) is 0 Å². The van der Waals surface area contributed by atoms with E-state index in [-0.39, 0.29) is 34.9 Å². The van der Waals surface area contributed by atoms with E-state index in [1.807, 2.05) is 0 Å². The molecule has 0 fully saturated rings. The molecule has 0 amide bonds. The lowest BCUT2D eigenvalue weighted by Crippen LogP contribution is -2.07. The second-order valence-corrected chi connectivity index (χ2v) is 5.30. The van der Waals surface area contributed by atoms with Crippen LogP contribution in [0, 0.1) is 5.41 Å². The summed E-state index contributed by atoms with van der Waals surface area (Å²) >= 11 is 0. The van der Waals surface area contributed by atoms with Gasteiger partial charge in [-0.2, -0.15) is 0 Å². The minimum absolute atomic E-state index is 0. The first-order valence-electron chi connectivity index (χ1n) is 7.26. The number of amidine groups is 1. The SMILES string of the molecule is COc1ccc(-c2oc3ccc(NC(C)=N)cc3c(=O)c2O)cc1.Cl.O. The zero-order valence-electron chi connectivity index (χ0n) is 14.1. The highest BCUT2D eigenvalue weighted by molar-refractivity contribution is 5.94. The molecule has 8 heteroatoms. The van der Waals surface area contributed by atoms with E-state index in [2.05, 4.69) is 5.32 Å². The zero-order valence-corrected chi connectivity index (χ0v) is 14.9. The molecule has 26 heavy (non-hydrogen) atoms. The molecule has 1 heterocycles. The second kappa shape index (κ2) is 8.37. The topological polar surface area (TPSA) is 127 Å². The van der Waals surface area contributed by atoms with E-state index in [0.29, 0.717) is 22.6 Å². The highest BCUT2D eigenvalue weighted by atomic mass is 35.5. The lowest BCUT2D eigenvalue weighted by Gasteiger charge is -2.09. The van der Waals surface area contributed by atoms with E-state index in [4.69, 9.17) is 14.6 Å². The first kappa shape index (κ1) is 21.0. The number of ether oxygens (including phenoxy) is 1. The number of fused-ring (bicyclic) bond motifs is 1. The van der Waals surface area contributed by atoms with E-state index >= 15 is 0 Å². The average molecular weight is 379 g/mol. The normalized spacial score (nSPS) is 9.77. The van der Waals surface area contributed by atoms with Crippen LogP contribution >= 0.6 is 12.4 Å². The number of hydrogen-bond acceptors (Lipinski definition) is 5. The zero-order chi connectivity index (χ0) is 17.3. The van der Waals surface area contributed by atoms with Crippen LogP contribution in [0.1, 0.15) is 6.92 Å². The van der Waals surface area contributed by atoms with Crippen LogP contribution < -0.4 is 15.5 Å². The Labute approximate surface area is 155 Å². The molecule has 138 valence electrons. The largest absolute Gasteiger partial charge is 0.502 e. The van der Waals surface area contributed by atoms with Gasteiger partial charge in [-0.1, -0.05) is 0 Å². The van der Waals surface area contributed by atoms with E-state index in [1.54, 1.807) is 56.5 Å². The lowest BCUT2D eigenvalue weighted by molar-refractivity contribution is 0.414. The van der Waals surface area contributed by atoms with Crippen molar-refractivity contribution in [3.05, 3.63) is 52.7 Å². The number of methoxy groups -OCH3 is 1. The summed E-state index contributed by atoms with van der Waals surface area (Å²) in [7, 11) is 1.56. The van der Waals surface area contributed by atoms with Crippen molar-refractivity contribution in [1.29, 1.82) is 5.41 Å². The third-order valence-electron chi connectivity index (χ3n) is 3.55. The van der Waals surface area contributed by atoms with Gasteiger partial charge in [0.15, 0.2) is 5.76 Å². The molecule has 0 radical (unpaired) electrons.